The lowest BCUT2D eigenvalue weighted by Gasteiger charge is -1.94. The second-order valence-corrected chi connectivity index (χ2v) is 1.28. The van der Waals surface area contributed by atoms with Crippen LogP contribution in [0.15, 0.2) is 0 Å². The van der Waals surface area contributed by atoms with Crippen molar-refractivity contribution >= 4 is 0 Å². The van der Waals surface area contributed by atoms with Crippen LogP contribution in [0, 0.1) is 24.3 Å². The molecule has 0 atom stereocenters. The lowest BCUT2D eigenvalue weighted by molar-refractivity contribution is 0.598. The van der Waals surface area contributed by atoms with Crippen LogP contribution in [0.4, 0.5) is 0 Å². The summed E-state index contributed by atoms with van der Waals surface area (Å²) in [5.41, 5.74) is 0. The van der Waals surface area contributed by atoms with Gasteiger partial charge in [-0.1, -0.05) is 0 Å². The Kier molecular flexibility index (Phi) is 2.64. The van der Waals surface area contributed by atoms with Crippen LogP contribution in [-0.2, 0) is 0 Å². The molecule has 0 aliphatic carbocycles. The molecule has 0 radical (unpaired) electrons. The largest absolute Gasteiger partial charge is 0.338 e. The summed E-state index contributed by atoms with van der Waals surface area (Å²) >= 11 is 0. The Balaban J connectivity index is 3.50. The fraction of sp³-hybridized carbons (Fsp3) is 0.333. The van der Waals surface area contributed by atoms with Gasteiger partial charge in [-0.3, -0.25) is 0 Å². The summed E-state index contributed by atoms with van der Waals surface area (Å²) in [6, 6.07) is 2.64. The molecular weight excluding hydrogens is 86.1 g/mol. The predicted octanol–water partition coefficient (Wildman–Crippen LogP) is 0.142. The normalized spacial score (nSPS) is 5.29. The third-order valence-electron chi connectivity index (χ3n) is 0.352. The van der Waals surface area contributed by atoms with Gasteiger partial charge in [0.25, 0.3) is 0 Å². The molecule has 7 heavy (non-hydrogen) atoms. The zero-order valence-corrected chi connectivity index (χ0v) is 4.52. The quantitative estimate of drug-likeness (QED) is 0.304. The monoisotopic (exact) mass is 93.1 g/mol. The van der Waals surface area contributed by atoms with E-state index < -0.39 is 0 Å². The molecule has 0 aromatic heterocycles. The number of hydrogen-bond acceptors (Lipinski definition) is 1. The van der Waals surface area contributed by atoms with Crippen molar-refractivity contribution in [3.8, 4) is 24.3 Å². The number of hydrogen-bond donors (Lipinski definition) is 0. The van der Waals surface area contributed by atoms with Crippen molar-refractivity contribution < 1.29 is 0 Å². The molecule has 0 aromatic carbocycles. The highest BCUT2D eigenvalue weighted by Crippen LogP contribution is 1.61. The first-order valence-corrected chi connectivity index (χ1v) is 1.91. The molecule has 0 amide bonds. The molecule has 0 N–H and O–H groups in total. The predicted molar refractivity (Wildman–Crippen MR) is 30.3 cm³/mol. The van der Waals surface area contributed by atoms with Gasteiger partial charge in [0.05, 0.1) is 0 Å². The summed E-state index contributed by atoms with van der Waals surface area (Å²) in [4.78, 5) is 1.71. The molecule has 1 nitrogen and oxygen atoms in total. The lowest BCUT2D eigenvalue weighted by Crippen LogP contribution is -2.00. The Morgan fingerprint density at radius 1 is 1.43 bits per heavy atom. The molecule has 1 heteroatoms. The molecule has 0 saturated carbocycles. The van der Waals surface area contributed by atoms with E-state index in [-0.39, 0.29) is 0 Å². The van der Waals surface area contributed by atoms with E-state index in [2.05, 4.69) is 17.9 Å². The maximum absolute atomic E-state index is 4.83. The summed E-state index contributed by atoms with van der Waals surface area (Å²) in [5, 5.41) is 0. The van der Waals surface area contributed by atoms with Crippen LogP contribution >= 0.6 is 0 Å². The summed E-state index contributed by atoms with van der Waals surface area (Å²) in [7, 11) is 3.68. The van der Waals surface area contributed by atoms with Gasteiger partial charge in [0.15, 0.2) is 0 Å². The van der Waals surface area contributed by atoms with E-state index in [4.69, 9.17) is 6.42 Å². The Morgan fingerprint density at radius 2 is 2.00 bits per heavy atom. The number of rotatable bonds is 0. The highest BCUT2D eigenvalue weighted by Gasteiger charge is 1.66. The highest BCUT2D eigenvalue weighted by atomic mass is 15.0. The maximum atomic E-state index is 4.83. The first kappa shape index (κ1) is 5.92. The fourth-order valence-corrected chi connectivity index (χ4v) is 0.144. The van der Waals surface area contributed by atoms with E-state index in [0.717, 1.165) is 0 Å². The Hall–Kier alpha value is -1.08. The van der Waals surface area contributed by atoms with Gasteiger partial charge in [-0.05, 0) is 5.92 Å². The molecule has 0 rings (SSSR count). The van der Waals surface area contributed by atoms with Crippen LogP contribution in [0.2, 0.25) is 0 Å². The van der Waals surface area contributed by atoms with Gasteiger partial charge in [0, 0.05) is 26.1 Å². The minimum absolute atomic E-state index is 1.71. The number of nitrogens with zero attached hydrogens (tertiary/aromatic N) is 1. The van der Waals surface area contributed by atoms with Crippen LogP contribution in [0.1, 0.15) is 0 Å². The first-order chi connectivity index (χ1) is 3.27. The molecule has 0 saturated heterocycles. The fourth-order valence-electron chi connectivity index (χ4n) is 0.144. The van der Waals surface area contributed by atoms with Crippen molar-refractivity contribution in [2.45, 2.75) is 0 Å². The van der Waals surface area contributed by atoms with Gasteiger partial charge >= 0.3 is 0 Å². The van der Waals surface area contributed by atoms with Gasteiger partial charge in [0.1, 0.15) is 0 Å². The topological polar surface area (TPSA) is 3.24 Å². The standard InChI is InChI=1S/C6H7N/c1-4-5-6-7(2)3/h1H,2-3H3. The van der Waals surface area contributed by atoms with Gasteiger partial charge in [-0.15, -0.1) is 6.42 Å². The smallest absolute Gasteiger partial charge is 0.0210 e. The first-order valence-electron chi connectivity index (χ1n) is 1.91. The third kappa shape index (κ3) is 4.92. The summed E-state index contributed by atoms with van der Waals surface area (Å²) in [6.45, 7) is 0. The van der Waals surface area contributed by atoms with Gasteiger partial charge in [0.2, 0.25) is 0 Å². The summed E-state index contributed by atoms with van der Waals surface area (Å²) in [6.07, 6.45) is 4.83. The Morgan fingerprint density at radius 3 is 2.14 bits per heavy atom. The van der Waals surface area contributed by atoms with Crippen molar-refractivity contribution in [2.75, 3.05) is 14.1 Å². The molecule has 0 aliphatic heterocycles. The van der Waals surface area contributed by atoms with E-state index >= 15 is 0 Å². The van der Waals surface area contributed by atoms with Crippen LogP contribution in [-0.4, -0.2) is 19.0 Å². The second kappa shape index (κ2) is 3.12. The van der Waals surface area contributed by atoms with E-state index in [1.807, 2.05) is 14.1 Å². The maximum Gasteiger partial charge on any atom is 0.0210 e. The zero-order valence-electron chi connectivity index (χ0n) is 4.52. The van der Waals surface area contributed by atoms with Gasteiger partial charge < -0.3 is 4.90 Å². The van der Waals surface area contributed by atoms with E-state index in [9.17, 15) is 0 Å². The van der Waals surface area contributed by atoms with Crippen molar-refractivity contribution in [1.82, 2.24) is 4.90 Å². The van der Waals surface area contributed by atoms with Gasteiger partial charge in [-0.25, -0.2) is 0 Å². The molecule has 0 aromatic rings. The van der Waals surface area contributed by atoms with Crippen LogP contribution in [0.3, 0.4) is 0 Å². The Bertz CT molecular complexity index is 128. The molecule has 0 heterocycles. The molecule has 0 spiro atoms. The summed E-state index contributed by atoms with van der Waals surface area (Å²) < 4.78 is 0. The van der Waals surface area contributed by atoms with E-state index in [1.54, 1.807) is 4.90 Å². The van der Waals surface area contributed by atoms with E-state index in [1.165, 1.54) is 0 Å². The van der Waals surface area contributed by atoms with Crippen molar-refractivity contribution in [3.05, 3.63) is 0 Å². The molecule has 0 bridgehead atoms. The molecule has 0 unspecified atom stereocenters. The second-order valence-electron chi connectivity index (χ2n) is 1.28. The van der Waals surface area contributed by atoms with E-state index in [0.29, 0.717) is 0 Å². The SMILES string of the molecule is C#CC#CN(C)C. The van der Waals surface area contributed by atoms with Crippen molar-refractivity contribution in [2.24, 2.45) is 0 Å². The van der Waals surface area contributed by atoms with Crippen LogP contribution in [0.25, 0.3) is 0 Å². The highest BCUT2D eigenvalue weighted by molar-refractivity contribution is 5.20. The molecule has 0 aliphatic rings. The zero-order chi connectivity index (χ0) is 5.70. The average Bonchev–Trinajstić information content (AvgIpc) is 1.61. The summed E-state index contributed by atoms with van der Waals surface area (Å²) in [5.74, 6) is 4.65. The lowest BCUT2D eigenvalue weighted by atomic mass is 10.7. The van der Waals surface area contributed by atoms with Crippen molar-refractivity contribution in [1.29, 1.82) is 0 Å². The molecule has 36 valence electrons. The van der Waals surface area contributed by atoms with Gasteiger partial charge in [-0.2, -0.15) is 0 Å². The molecule has 0 fully saturated rings. The third-order valence-corrected chi connectivity index (χ3v) is 0.352. The van der Waals surface area contributed by atoms with Crippen LogP contribution < -0.4 is 0 Å². The molecular formula is C6H7N. The van der Waals surface area contributed by atoms with Crippen molar-refractivity contribution in [3.63, 3.8) is 0 Å². The van der Waals surface area contributed by atoms with Crippen LogP contribution in [0.5, 0.6) is 0 Å². The minimum Gasteiger partial charge on any atom is -0.338 e. The number of terminal acetylenes is 1. The Labute approximate surface area is 44.3 Å². The minimum atomic E-state index is 1.71. The average molecular weight is 93.1 g/mol.